The monoisotopic (exact) mass is 290 g/mol. The van der Waals surface area contributed by atoms with E-state index in [0.717, 1.165) is 6.42 Å². The number of aliphatic carboxylic acids is 1. The first kappa shape index (κ1) is 14.3. The Morgan fingerprint density at radius 3 is 2.42 bits per heavy atom. The fourth-order valence-electron chi connectivity index (χ4n) is 2.43. The highest BCUT2D eigenvalue weighted by molar-refractivity contribution is 7.91. The van der Waals surface area contributed by atoms with Crippen LogP contribution in [0.25, 0.3) is 0 Å². The van der Waals surface area contributed by atoms with E-state index in [1.165, 1.54) is 0 Å². The number of amides is 1. The molecule has 3 N–H and O–H groups in total. The van der Waals surface area contributed by atoms with Gasteiger partial charge in [-0.2, -0.15) is 0 Å². The second-order valence-corrected chi connectivity index (χ2v) is 7.49. The molecule has 2 rings (SSSR count). The molecule has 7 nitrogen and oxygen atoms in total. The summed E-state index contributed by atoms with van der Waals surface area (Å²) in [6.45, 7) is -0.0944. The van der Waals surface area contributed by atoms with Gasteiger partial charge in [0, 0.05) is 6.04 Å². The van der Waals surface area contributed by atoms with Crippen molar-refractivity contribution in [3.63, 3.8) is 0 Å². The number of hydrogen-bond acceptors (Lipinski definition) is 5. The lowest BCUT2D eigenvalue weighted by atomic mass is 9.77. The summed E-state index contributed by atoms with van der Waals surface area (Å²) in [4.78, 5) is 22.7. The van der Waals surface area contributed by atoms with Gasteiger partial charge < -0.3 is 10.4 Å². The first-order valence-electron chi connectivity index (χ1n) is 6.31. The van der Waals surface area contributed by atoms with Crippen LogP contribution in [0.2, 0.25) is 0 Å². The number of carboxylic acids is 1. The molecule has 1 saturated heterocycles. The van der Waals surface area contributed by atoms with Gasteiger partial charge in [-0.1, -0.05) is 0 Å². The van der Waals surface area contributed by atoms with Crippen molar-refractivity contribution < 1.29 is 23.1 Å². The minimum absolute atomic E-state index is 0.0250. The zero-order valence-corrected chi connectivity index (χ0v) is 11.3. The van der Waals surface area contributed by atoms with Crippen molar-refractivity contribution in [1.29, 1.82) is 0 Å². The molecule has 1 heterocycles. The number of sulfone groups is 1. The number of rotatable bonds is 5. The van der Waals surface area contributed by atoms with Crippen LogP contribution < -0.4 is 10.6 Å². The van der Waals surface area contributed by atoms with Crippen LogP contribution in [0.4, 0.5) is 0 Å². The standard InChI is InChI=1S/C11H18N2O5S/c14-9(13-8-2-5-19(17,18)7-8)6-12-11(10(15)16)3-1-4-11/h8,12H,1-7H2,(H,13,14)(H,15,16). The van der Waals surface area contributed by atoms with Crippen LogP contribution in [0, 0.1) is 0 Å². The summed E-state index contributed by atoms with van der Waals surface area (Å²) >= 11 is 0. The summed E-state index contributed by atoms with van der Waals surface area (Å²) in [7, 11) is -3.02. The first-order chi connectivity index (χ1) is 8.83. The van der Waals surface area contributed by atoms with Crippen molar-refractivity contribution in [2.75, 3.05) is 18.1 Å². The van der Waals surface area contributed by atoms with Crippen molar-refractivity contribution in [1.82, 2.24) is 10.6 Å². The van der Waals surface area contributed by atoms with Crippen molar-refractivity contribution in [3.8, 4) is 0 Å². The molecule has 0 radical (unpaired) electrons. The fraction of sp³-hybridized carbons (Fsp3) is 0.818. The van der Waals surface area contributed by atoms with E-state index in [4.69, 9.17) is 5.11 Å². The maximum absolute atomic E-state index is 11.7. The average Bonchev–Trinajstić information content (AvgIpc) is 2.55. The predicted octanol–water partition coefficient (Wildman–Crippen LogP) is -1.11. The van der Waals surface area contributed by atoms with Crippen LogP contribution in [0.15, 0.2) is 0 Å². The van der Waals surface area contributed by atoms with Gasteiger partial charge in [-0.05, 0) is 25.7 Å². The number of hydrogen-bond donors (Lipinski definition) is 3. The molecule has 0 spiro atoms. The Bertz CT molecular complexity index is 483. The van der Waals surface area contributed by atoms with E-state index in [1.54, 1.807) is 0 Å². The molecule has 2 aliphatic rings. The van der Waals surface area contributed by atoms with Gasteiger partial charge in [0.2, 0.25) is 5.91 Å². The molecule has 1 unspecified atom stereocenters. The summed E-state index contributed by atoms with van der Waals surface area (Å²) in [5.74, 6) is -1.21. The van der Waals surface area contributed by atoms with Crippen LogP contribution in [0.1, 0.15) is 25.7 Å². The second-order valence-electron chi connectivity index (χ2n) is 5.26. The van der Waals surface area contributed by atoms with E-state index in [2.05, 4.69) is 10.6 Å². The Morgan fingerprint density at radius 1 is 1.32 bits per heavy atom. The van der Waals surface area contributed by atoms with E-state index in [-0.39, 0.29) is 30.0 Å². The Morgan fingerprint density at radius 2 is 2.00 bits per heavy atom. The Labute approximate surface area is 111 Å². The topological polar surface area (TPSA) is 113 Å². The minimum Gasteiger partial charge on any atom is -0.480 e. The molecule has 0 aromatic rings. The third kappa shape index (κ3) is 3.24. The van der Waals surface area contributed by atoms with E-state index in [0.29, 0.717) is 19.3 Å². The maximum Gasteiger partial charge on any atom is 0.323 e. The van der Waals surface area contributed by atoms with Crippen LogP contribution in [-0.4, -0.2) is 55.0 Å². The molecule has 1 atom stereocenters. The summed E-state index contributed by atoms with van der Waals surface area (Å²) in [6, 6.07) is -0.346. The van der Waals surface area contributed by atoms with Gasteiger partial charge in [-0.25, -0.2) is 8.42 Å². The molecule has 1 saturated carbocycles. The highest BCUT2D eigenvalue weighted by Gasteiger charge is 2.44. The molecule has 8 heteroatoms. The highest BCUT2D eigenvalue weighted by atomic mass is 32.2. The first-order valence-corrected chi connectivity index (χ1v) is 8.13. The molecule has 1 aliphatic carbocycles. The fourth-order valence-corrected chi connectivity index (χ4v) is 4.11. The summed E-state index contributed by atoms with van der Waals surface area (Å²) in [6.07, 6.45) is 2.31. The second kappa shape index (κ2) is 5.09. The van der Waals surface area contributed by atoms with Gasteiger partial charge in [0.05, 0.1) is 18.1 Å². The largest absolute Gasteiger partial charge is 0.480 e. The van der Waals surface area contributed by atoms with E-state index in [1.807, 2.05) is 0 Å². The van der Waals surface area contributed by atoms with Gasteiger partial charge >= 0.3 is 5.97 Å². The molecular weight excluding hydrogens is 272 g/mol. The third-order valence-electron chi connectivity index (χ3n) is 3.80. The molecular formula is C11H18N2O5S. The number of nitrogens with one attached hydrogen (secondary N) is 2. The summed E-state index contributed by atoms with van der Waals surface area (Å²) < 4.78 is 22.5. The zero-order valence-electron chi connectivity index (χ0n) is 10.5. The zero-order chi connectivity index (χ0) is 14.1. The number of carbonyl (C=O) groups is 2. The quantitative estimate of drug-likeness (QED) is 0.591. The minimum atomic E-state index is -3.02. The number of carbonyl (C=O) groups excluding carboxylic acids is 1. The van der Waals surface area contributed by atoms with Crippen LogP contribution >= 0.6 is 0 Å². The molecule has 1 amide bonds. The lowest BCUT2D eigenvalue weighted by molar-refractivity contribution is -0.149. The van der Waals surface area contributed by atoms with E-state index in [9.17, 15) is 18.0 Å². The molecule has 0 aromatic carbocycles. The Hall–Kier alpha value is -1.15. The lowest BCUT2D eigenvalue weighted by Gasteiger charge is -2.38. The molecule has 0 aromatic heterocycles. The van der Waals surface area contributed by atoms with E-state index < -0.39 is 21.3 Å². The maximum atomic E-state index is 11.7. The van der Waals surface area contributed by atoms with Crippen LogP contribution in [0.3, 0.4) is 0 Å². The van der Waals surface area contributed by atoms with Crippen molar-refractivity contribution in [3.05, 3.63) is 0 Å². The molecule has 0 bridgehead atoms. The Balaban J connectivity index is 1.78. The van der Waals surface area contributed by atoms with Gasteiger partial charge in [0.15, 0.2) is 9.84 Å². The van der Waals surface area contributed by atoms with Gasteiger partial charge in [-0.3, -0.25) is 14.9 Å². The lowest BCUT2D eigenvalue weighted by Crippen LogP contribution is -2.59. The van der Waals surface area contributed by atoms with Gasteiger partial charge in [0.1, 0.15) is 5.54 Å². The molecule has 2 fully saturated rings. The van der Waals surface area contributed by atoms with Crippen molar-refractivity contribution in [2.45, 2.75) is 37.3 Å². The van der Waals surface area contributed by atoms with E-state index >= 15 is 0 Å². The molecule has 108 valence electrons. The normalized spacial score (nSPS) is 27.5. The average molecular weight is 290 g/mol. The van der Waals surface area contributed by atoms with Gasteiger partial charge in [-0.15, -0.1) is 0 Å². The van der Waals surface area contributed by atoms with Crippen molar-refractivity contribution in [2.24, 2.45) is 0 Å². The molecule has 19 heavy (non-hydrogen) atoms. The predicted molar refractivity (Wildman–Crippen MR) is 67.4 cm³/mol. The summed E-state index contributed by atoms with van der Waals surface area (Å²) in [5.41, 5.74) is -0.973. The smallest absolute Gasteiger partial charge is 0.323 e. The molecule has 1 aliphatic heterocycles. The van der Waals surface area contributed by atoms with Crippen molar-refractivity contribution >= 4 is 21.7 Å². The third-order valence-corrected chi connectivity index (χ3v) is 5.57. The summed E-state index contributed by atoms with van der Waals surface area (Å²) in [5, 5.41) is 14.5. The van der Waals surface area contributed by atoms with Crippen LogP contribution in [0.5, 0.6) is 0 Å². The Kier molecular flexibility index (Phi) is 3.82. The SMILES string of the molecule is O=C(CNC1(C(=O)O)CCC1)NC1CCS(=O)(=O)C1. The highest BCUT2D eigenvalue weighted by Crippen LogP contribution is 2.31. The van der Waals surface area contributed by atoms with Crippen LogP contribution in [-0.2, 0) is 19.4 Å². The number of carboxylic acid groups (broad SMARTS) is 1. The van der Waals surface area contributed by atoms with Gasteiger partial charge in [0.25, 0.3) is 0 Å².